The zero-order valence-corrected chi connectivity index (χ0v) is 17.1. The van der Waals surface area contributed by atoms with E-state index < -0.39 is 0 Å². The average molecular weight is 410 g/mol. The van der Waals surface area contributed by atoms with E-state index in [2.05, 4.69) is 5.32 Å². The van der Waals surface area contributed by atoms with Crippen LogP contribution < -0.4 is 15.0 Å². The van der Waals surface area contributed by atoms with Gasteiger partial charge in [-0.1, -0.05) is 24.3 Å². The lowest BCUT2D eigenvalue weighted by Crippen LogP contribution is -2.31. The highest BCUT2D eigenvalue weighted by atomic mass is 32.2. The summed E-state index contributed by atoms with van der Waals surface area (Å²) in [5.74, 6) is 1.22. The van der Waals surface area contributed by atoms with Crippen molar-refractivity contribution in [3.05, 3.63) is 78.3 Å². The molecular weight excluding hydrogens is 388 g/mol. The second-order valence-corrected chi connectivity index (χ2v) is 7.19. The van der Waals surface area contributed by atoms with Crippen molar-refractivity contribution in [3.8, 4) is 5.75 Å². The van der Waals surface area contributed by atoms with Gasteiger partial charge in [-0.05, 0) is 36.4 Å². The first-order chi connectivity index (χ1) is 14.1. The maximum absolute atomic E-state index is 12.8. The zero-order chi connectivity index (χ0) is 20.6. The summed E-state index contributed by atoms with van der Waals surface area (Å²) >= 11 is 1.40. The Morgan fingerprint density at radius 3 is 2.59 bits per heavy atom. The minimum absolute atomic E-state index is 0.118. The molecule has 2 amide bonds. The summed E-state index contributed by atoms with van der Waals surface area (Å²) in [6.45, 7) is 0.279. The Morgan fingerprint density at radius 2 is 1.83 bits per heavy atom. The number of para-hydroxylation sites is 2. The summed E-state index contributed by atoms with van der Waals surface area (Å²) in [5.41, 5.74) is 0.979. The Balaban J connectivity index is 1.67. The van der Waals surface area contributed by atoms with Crippen LogP contribution in [0.2, 0.25) is 0 Å². The minimum Gasteiger partial charge on any atom is -0.496 e. The molecule has 0 saturated carbocycles. The first-order valence-electron chi connectivity index (χ1n) is 9.02. The summed E-state index contributed by atoms with van der Waals surface area (Å²) in [6, 6.07) is 18.1. The molecule has 2 aromatic carbocycles. The molecule has 1 aromatic heterocycles. The van der Waals surface area contributed by atoms with E-state index in [-0.39, 0.29) is 24.1 Å². The highest BCUT2D eigenvalue weighted by molar-refractivity contribution is 8.00. The van der Waals surface area contributed by atoms with Crippen LogP contribution in [0.4, 0.5) is 5.69 Å². The molecule has 3 aromatic rings. The van der Waals surface area contributed by atoms with Crippen molar-refractivity contribution >= 4 is 29.3 Å². The number of carbonyl (C=O) groups is 2. The summed E-state index contributed by atoms with van der Waals surface area (Å²) in [5, 5.41) is 2.82. The van der Waals surface area contributed by atoms with Gasteiger partial charge in [0.15, 0.2) is 0 Å². The lowest BCUT2D eigenvalue weighted by Gasteiger charge is -2.20. The van der Waals surface area contributed by atoms with Crippen LogP contribution in [0.15, 0.2) is 76.2 Å². The fraction of sp³-hybridized carbons (Fsp3) is 0.182. The number of nitrogens with one attached hydrogen (secondary N) is 1. The van der Waals surface area contributed by atoms with Gasteiger partial charge in [0.05, 0.1) is 36.9 Å². The predicted octanol–water partition coefficient (Wildman–Crippen LogP) is 3.97. The third kappa shape index (κ3) is 5.20. The molecule has 0 atom stereocenters. The molecule has 0 bridgehead atoms. The summed E-state index contributed by atoms with van der Waals surface area (Å²) in [4.78, 5) is 27.8. The van der Waals surface area contributed by atoms with E-state index in [1.165, 1.54) is 16.7 Å². The normalized spacial score (nSPS) is 10.4. The van der Waals surface area contributed by atoms with Crippen LogP contribution in [0.1, 0.15) is 16.1 Å². The molecule has 3 rings (SSSR count). The Kier molecular flexibility index (Phi) is 6.97. The highest BCUT2D eigenvalue weighted by Crippen LogP contribution is 2.29. The molecule has 0 unspecified atom stereocenters. The zero-order valence-electron chi connectivity index (χ0n) is 16.3. The van der Waals surface area contributed by atoms with Crippen molar-refractivity contribution in [1.82, 2.24) is 5.32 Å². The quantitative estimate of drug-likeness (QED) is 0.569. The van der Waals surface area contributed by atoms with Crippen molar-refractivity contribution in [2.45, 2.75) is 11.4 Å². The molecule has 0 aliphatic heterocycles. The highest BCUT2D eigenvalue weighted by Gasteiger charge is 2.19. The van der Waals surface area contributed by atoms with Crippen LogP contribution in [0.5, 0.6) is 5.75 Å². The van der Waals surface area contributed by atoms with Crippen LogP contribution in [-0.2, 0) is 11.3 Å². The number of hydrogen-bond acceptors (Lipinski definition) is 5. The van der Waals surface area contributed by atoms with E-state index in [1.54, 1.807) is 56.8 Å². The largest absolute Gasteiger partial charge is 0.496 e. The molecule has 6 nitrogen and oxygen atoms in total. The number of benzene rings is 2. The summed E-state index contributed by atoms with van der Waals surface area (Å²) in [6.07, 6.45) is 1.56. The van der Waals surface area contributed by atoms with E-state index in [0.717, 1.165) is 10.6 Å². The number of thioether (sulfide) groups is 1. The average Bonchev–Trinajstić information content (AvgIpc) is 3.29. The molecule has 1 heterocycles. The van der Waals surface area contributed by atoms with Gasteiger partial charge in [-0.15, -0.1) is 11.8 Å². The van der Waals surface area contributed by atoms with E-state index in [1.807, 2.05) is 24.3 Å². The number of amides is 2. The molecule has 0 spiro atoms. The topological polar surface area (TPSA) is 71.8 Å². The van der Waals surface area contributed by atoms with E-state index in [0.29, 0.717) is 17.0 Å². The predicted molar refractivity (Wildman–Crippen MR) is 113 cm³/mol. The fourth-order valence-corrected chi connectivity index (χ4v) is 3.68. The third-order valence-electron chi connectivity index (χ3n) is 4.31. The van der Waals surface area contributed by atoms with Crippen LogP contribution in [0, 0.1) is 0 Å². The first kappa shape index (κ1) is 20.5. The van der Waals surface area contributed by atoms with E-state index in [4.69, 9.17) is 9.15 Å². The van der Waals surface area contributed by atoms with Crippen LogP contribution in [-0.4, -0.2) is 31.7 Å². The smallest absolute Gasteiger partial charge is 0.253 e. The number of furan rings is 1. The maximum atomic E-state index is 12.8. The molecule has 1 N–H and O–H groups in total. The Hall–Kier alpha value is -3.19. The van der Waals surface area contributed by atoms with Gasteiger partial charge in [-0.2, -0.15) is 0 Å². The molecule has 0 fully saturated rings. The lowest BCUT2D eigenvalue weighted by atomic mass is 10.1. The molecular formula is C22H22N2O4S. The number of hydrogen-bond donors (Lipinski definition) is 1. The van der Waals surface area contributed by atoms with Crippen molar-refractivity contribution < 1.29 is 18.7 Å². The first-order valence-corrected chi connectivity index (χ1v) is 10.0. The van der Waals surface area contributed by atoms with Gasteiger partial charge in [0.1, 0.15) is 11.5 Å². The third-order valence-corrected chi connectivity index (χ3v) is 5.35. The standard InChI is InChI=1S/C22H22N2O4S/c1-24(21(25)15-29-20-12-6-5-11-19(20)27-2)18-10-4-3-9-17(18)22(26)23-14-16-8-7-13-28-16/h3-13H,14-15H2,1-2H3,(H,23,26). The number of anilines is 1. The molecule has 7 heteroatoms. The minimum atomic E-state index is -0.269. The molecule has 29 heavy (non-hydrogen) atoms. The second-order valence-electron chi connectivity index (χ2n) is 6.17. The Labute approximate surface area is 173 Å². The molecule has 0 aliphatic rings. The number of ether oxygens (including phenoxy) is 1. The fourth-order valence-electron chi connectivity index (χ4n) is 2.74. The van der Waals surface area contributed by atoms with Gasteiger partial charge in [0.25, 0.3) is 5.91 Å². The number of nitrogens with zero attached hydrogens (tertiary/aromatic N) is 1. The van der Waals surface area contributed by atoms with Crippen molar-refractivity contribution in [2.75, 3.05) is 24.8 Å². The van der Waals surface area contributed by atoms with Gasteiger partial charge in [0.2, 0.25) is 5.91 Å². The van der Waals surface area contributed by atoms with Crippen LogP contribution >= 0.6 is 11.8 Å². The van der Waals surface area contributed by atoms with Crippen molar-refractivity contribution in [3.63, 3.8) is 0 Å². The van der Waals surface area contributed by atoms with Crippen LogP contribution in [0.3, 0.4) is 0 Å². The summed E-state index contributed by atoms with van der Waals surface area (Å²) in [7, 11) is 3.27. The number of methoxy groups -OCH3 is 1. The van der Waals surface area contributed by atoms with Gasteiger partial charge in [-0.25, -0.2) is 0 Å². The Bertz CT molecular complexity index is 972. The van der Waals surface area contributed by atoms with Gasteiger partial charge >= 0.3 is 0 Å². The van der Waals surface area contributed by atoms with Crippen molar-refractivity contribution in [2.24, 2.45) is 0 Å². The van der Waals surface area contributed by atoms with E-state index in [9.17, 15) is 9.59 Å². The lowest BCUT2D eigenvalue weighted by molar-refractivity contribution is -0.115. The molecule has 0 radical (unpaired) electrons. The SMILES string of the molecule is COc1ccccc1SCC(=O)N(C)c1ccccc1C(=O)NCc1ccco1. The van der Waals surface area contributed by atoms with Crippen molar-refractivity contribution in [1.29, 1.82) is 0 Å². The summed E-state index contributed by atoms with van der Waals surface area (Å²) < 4.78 is 10.6. The molecule has 0 aliphatic carbocycles. The number of rotatable bonds is 8. The Morgan fingerprint density at radius 1 is 1.07 bits per heavy atom. The number of carbonyl (C=O) groups excluding carboxylic acids is 2. The van der Waals surface area contributed by atoms with E-state index >= 15 is 0 Å². The molecule has 150 valence electrons. The maximum Gasteiger partial charge on any atom is 0.253 e. The van der Waals surface area contributed by atoms with Gasteiger partial charge < -0.3 is 19.4 Å². The van der Waals surface area contributed by atoms with Gasteiger partial charge in [-0.3, -0.25) is 9.59 Å². The second kappa shape index (κ2) is 9.84. The molecule has 0 saturated heterocycles. The van der Waals surface area contributed by atoms with Gasteiger partial charge in [0, 0.05) is 11.9 Å². The van der Waals surface area contributed by atoms with Crippen LogP contribution in [0.25, 0.3) is 0 Å². The monoisotopic (exact) mass is 410 g/mol.